The van der Waals surface area contributed by atoms with Gasteiger partial charge < -0.3 is 11.1 Å². The van der Waals surface area contributed by atoms with E-state index in [1.54, 1.807) is 0 Å². The van der Waals surface area contributed by atoms with Crippen LogP contribution in [0.25, 0.3) is 0 Å². The van der Waals surface area contributed by atoms with E-state index in [-0.39, 0.29) is 0 Å². The number of aromatic nitrogens is 2. The first-order valence-corrected chi connectivity index (χ1v) is 6.03. The minimum atomic E-state index is 0.419. The Balaban J connectivity index is 2.76. The van der Waals surface area contributed by atoms with Gasteiger partial charge in [0.2, 0.25) is 0 Å². The lowest BCUT2D eigenvalue weighted by molar-refractivity contribution is 0.536. The average Bonchev–Trinajstić information content (AvgIpc) is 2.44. The Morgan fingerprint density at radius 1 is 1.38 bits per heavy atom. The van der Waals surface area contributed by atoms with Crippen molar-refractivity contribution in [3.05, 3.63) is 5.69 Å². The van der Waals surface area contributed by atoms with Crippen molar-refractivity contribution in [3.63, 3.8) is 0 Å². The van der Waals surface area contributed by atoms with E-state index in [1.807, 2.05) is 11.7 Å². The van der Waals surface area contributed by atoms with Crippen molar-refractivity contribution in [1.29, 1.82) is 0 Å². The first kappa shape index (κ1) is 12.9. The normalized spacial score (nSPS) is 13.1. The fraction of sp³-hybridized carbons (Fsp3) is 0.750. The third kappa shape index (κ3) is 2.90. The Morgan fingerprint density at radius 2 is 2.00 bits per heavy atom. The maximum atomic E-state index is 6.05. The summed E-state index contributed by atoms with van der Waals surface area (Å²) in [5, 5.41) is 7.83. The Hall–Kier alpha value is -1.19. The largest absolute Gasteiger partial charge is 0.394 e. The summed E-state index contributed by atoms with van der Waals surface area (Å²) < 4.78 is 1.84. The molecule has 1 rings (SSSR count). The molecule has 0 aliphatic carbocycles. The Kier molecular flexibility index (Phi) is 4.21. The smallest absolute Gasteiger partial charge is 0.147 e. The summed E-state index contributed by atoms with van der Waals surface area (Å²) in [6.45, 7) is 8.70. The number of hydrogen-bond acceptors (Lipinski definition) is 3. The lowest BCUT2D eigenvalue weighted by atomic mass is 10.1. The van der Waals surface area contributed by atoms with E-state index in [0.717, 1.165) is 30.0 Å². The van der Waals surface area contributed by atoms with Gasteiger partial charge in [0.25, 0.3) is 0 Å². The third-order valence-electron chi connectivity index (χ3n) is 2.70. The second-order valence-corrected chi connectivity index (χ2v) is 4.86. The minimum Gasteiger partial charge on any atom is -0.394 e. The summed E-state index contributed by atoms with van der Waals surface area (Å²) in [4.78, 5) is 0. The molecule has 3 N–H and O–H groups in total. The molecule has 0 fully saturated rings. The number of nitrogens with two attached hydrogens (primary N) is 1. The number of nitrogen functional groups attached to an aromatic ring is 1. The molecule has 1 atom stereocenters. The zero-order valence-electron chi connectivity index (χ0n) is 11.0. The fourth-order valence-corrected chi connectivity index (χ4v) is 2.03. The van der Waals surface area contributed by atoms with Crippen LogP contribution < -0.4 is 11.1 Å². The molecule has 1 heterocycles. The molecule has 92 valence electrons. The predicted octanol–water partition coefficient (Wildman–Crippen LogP) is 2.41. The van der Waals surface area contributed by atoms with E-state index in [1.165, 1.54) is 0 Å². The minimum absolute atomic E-state index is 0.419. The second-order valence-electron chi connectivity index (χ2n) is 4.86. The van der Waals surface area contributed by atoms with Crippen LogP contribution in [0.2, 0.25) is 0 Å². The van der Waals surface area contributed by atoms with E-state index >= 15 is 0 Å². The second kappa shape index (κ2) is 5.23. The van der Waals surface area contributed by atoms with Gasteiger partial charge in [-0.1, -0.05) is 20.8 Å². The first-order valence-electron chi connectivity index (χ1n) is 6.03. The zero-order chi connectivity index (χ0) is 12.3. The molecule has 0 saturated heterocycles. The highest BCUT2D eigenvalue weighted by molar-refractivity contribution is 5.65. The average molecular weight is 224 g/mol. The summed E-state index contributed by atoms with van der Waals surface area (Å²) >= 11 is 0. The Labute approximate surface area is 98.2 Å². The van der Waals surface area contributed by atoms with Gasteiger partial charge in [0.1, 0.15) is 5.82 Å². The Morgan fingerprint density at radius 3 is 2.44 bits per heavy atom. The van der Waals surface area contributed by atoms with Crippen molar-refractivity contribution >= 4 is 11.5 Å². The van der Waals surface area contributed by atoms with Crippen molar-refractivity contribution in [1.82, 2.24) is 9.78 Å². The van der Waals surface area contributed by atoms with Crippen LogP contribution in [0, 0.1) is 5.92 Å². The highest BCUT2D eigenvalue weighted by atomic mass is 15.3. The molecule has 1 aromatic rings. The number of rotatable bonds is 5. The summed E-state index contributed by atoms with van der Waals surface area (Å²) in [6, 6.07) is 0.419. The van der Waals surface area contributed by atoms with Gasteiger partial charge in [-0.25, -0.2) is 0 Å². The summed E-state index contributed by atoms with van der Waals surface area (Å²) in [7, 11) is 1.93. The molecule has 16 heavy (non-hydrogen) atoms. The van der Waals surface area contributed by atoms with Crippen LogP contribution in [0.1, 0.15) is 39.8 Å². The molecule has 0 aliphatic rings. The quantitative estimate of drug-likeness (QED) is 0.807. The number of nitrogens with zero attached hydrogens (tertiary/aromatic N) is 2. The van der Waals surface area contributed by atoms with Crippen molar-refractivity contribution in [2.75, 3.05) is 11.1 Å². The van der Waals surface area contributed by atoms with Crippen LogP contribution in [0.15, 0.2) is 0 Å². The molecule has 0 saturated carbocycles. The van der Waals surface area contributed by atoms with Gasteiger partial charge in [-0.15, -0.1) is 0 Å². The van der Waals surface area contributed by atoms with Crippen LogP contribution in [0.4, 0.5) is 11.5 Å². The number of anilines is 2. The summed E-state index contributed by atoms with van der Waals surface area (Å²) in [6.07, 6.45) is 2.01. The molecule has 4 heteroatoms. The first-order chi connectivity index (χ1) is 7.45. The van der Waals surface area contributed by atoms with Gasteiger partial charge >= 0.3 is 0 Å². The fourth-order valence-electron chi connectivity index (χ4n) is 2.03. The molecule has 0 spiro atoms. The standard InChI is InChI=1S/C12H24N4/c1-6-10-11(13)12(16(5)15-10)14-9(4)7-8(2)3/h8-9,14H,6-7,13H2,1-5H3. The van der Waals surface area contributed by atoms with E-state index in [2.05, 4.69) is 38.1 Å². The van der Waals surface area contributed by atoms with Gasteiger partial charge in [0, 0.05) is 13.1 Å². The third-order valence-corrected chi connectivity index (χ3v) is 2.70. The van der Waals surface area contributed by atoms with Gasteiger partial charge in [0.05, 0.1) is 11.4 Å². The SMILES string of the molecule is CCc1nn(C)c(NC(C)CC(C)C)c1N. The summed E-state index contributed by atoms with van der Waals surface area (Å²) in [5.74, 6) is 1.63. The molecule has 1 aromatic heterocycles. The zero-order valence-corrected chi connectivity index (χ0v) is 11.0. The molecule has 0 bridgehead atoms. The molecule has 0 aromatic carbocycles. The van der Waals surface area contributed by atoms with Crippen molar-refractivity contribution in [2.24, 2.45) is 13.0 Å². The van der Waals surface area contributed by atoms with Crippen LogP contribution >= 0.6 is 0 Å². The highest BCUT2D eigenvalue weighted by Crippen LogP contribution is 2.23. The van der Waals surface area contributed by atoms with Crippen LogP contribution in [0.5, 0.6) is 0 Å². The van der Waals surface area contributed by atoms with Gasteiger partial charge in [-0.2, -0.15) is 5.10 Å². The van der Waals surface area contributed by atoms with E-state index in [9.17, 15) is 0 Å². The maximum absolute atomic E-state index is 6.05. The molecule has 0 amide bonds. The van der Waals surface area contributed by atoms with E-state index in [4.69, 9.17) is 5.73 Å². The molecular weight excluding hydrogens is 200 g/mol. The van der Waals surface area contributed by atoms with Crippen LogP contribution in [-0.4, -0.2) is 15.8 Å². The number of nitrogens with one attached hydrogen (secondary N) is 1. The topological polar surface area (TPSA) is 55.9 Å². The predicted molar refractivity (Wildman–Crippen MR) is 69.5 cm³/mol. The van der Waals surface area contributed by atoms with Crippen molar-refractivity contribution in [2.45, 2.75) is 46.6 Å². The van der Waals surface area contributed by atoms with E-state index < -0.39 is 0 Å². The molecular formula is C12H24N4. The molecule has 1 unspecified atom stereocenters. The lowest BCUT2D eigenvalue weighted by Gasteiger charge is -2.17. The number of hydrogen-bond donors (Lipinski definition) is 2. The van der Waals surface area contributed by atoms with Gasteiger partial charge in [-0.05, 0) is 25.7 Å². The lowest BCUT2D eigenvalue weighted by Crippen LogP contribution is -2.20. The summed E-state index contributed by atoms with van der Waals surface area (Å²) in [5.41, 5.74) is 7.81. The molecule has 0 aliphatic heterocycles. The van der Waals surface area contributed by atoms with Crippen LogP contribution in [0.3, 0.4) is 0 Å². The maximum Gasteiger partial charge on any atom is 0.147 e. The highest BCUT2D eigenvalue weighted by Gasteiger charge is 2.14. The molecule has 4 nitrogen and oxygen atoms in total. The van der Waals surface area contributed by atoms with Gasteiger partial charge in [-0.3, -0.25) is 4.68 Å². The van der Waals surface area contributed by atoms with Crippen LogP contribution in [-0.2, 0) is 13.5 Å². The van der Waals surface area contributed by atoms with Crippen molar-refractivity contribution < 1.29 is 0 Å². The van der Waals surface area contributed by atoms with Gasteiger partial charge in [0.15, 0.2) is 0 Å². The number of aryl methyl sites for hydroxylation is 2. The van der Waals surface area contributed by atoms with E-state index in [0.29, 0.717) is 12.0 Å². The van der Waals surface area contributed by atoms with Crippen molar-refractivity contribution in [3.8, 4) is 0 Å². The Bertz CT molecular complexity index is 341. The monoisotopic (exact) mass is 224 g/mol. The molecule has 0 radical (unpaired) electrons.